The van der Waals surface area contributed by atoms with Crippen LogP contribution in [-0.2, 0) is 32.7 Å². The van der Waals surface area contributed by atoms with Crippen molar-refractivity contribution in [3.63, 3.8) is 0 Å². The molecule has 0 unspecified atom stereocenters. The Labute approximate surface area is 99.9 Å². The normalized spacial score (nSPS) is 24.2. The average molecular weight is 250 g/mol. The van der Waals surface area contributed by atoms with Crippen LogP contribution in [0, 0.1) is 0 Å². The average Bonchev–Trinajstić information content (AvgIpc) is 2.05. The van der Waals surface area contributed by atoms with E-state index in [4.69, 9.17) is 2.74 Å². The molecule has 0 N–H and O–H groups in total. The molecule has 0 aromatic carbocycles. The van der Waals surface area contributed by atoms with Crippen molar-refractivity contribution in [2.75, 3.05) is 19.0 Å². The fraction of sp³-hybridized carbons (Fsp3) is 1.00. The van der Waals surface area contributed by atoms with Gasteiger partial charge < -0.3 is 0 Å². The van der Waals surface area contributed by atoms with Crippen LogP contribution < -0.4 is 0 Å². The first-order chi connectivity index (χ1) is 5.64. The van der Waals surface area contributed by atoms with Crippen LogP contribution in [0.15, 0.2) is 0 Å². The van der Waals surface area contributed by atoms with Crippen LogP contribution in [0.5, 0.6) is 0 Å². The second-order valence-electron chi connectivity index (χ2n) is 3.20. The van der Waals surface area contributed by atoms with Crippen LogP contribution >= 0.6 is 7.26 Å². The monoisotopic (exact) mass is 250 g/mol. The van der Waals surface area contributed by atoms with E-state index >= 15 is 0 Å². The van der Waals surface area contributed by atoms with Crippen molar-refractivity contribution >= 4 is 7.26 Å². The van der Waals surface area contributed by atoms with Crippen molar-refractivity contribution in [1.82, 2.24) is 0 Å². The summed E-state index contributed by atoms with van der Waals surface area (Å²) in [6.45, 7) is 4.91. The van der Waals surface area contributed by atoms with Crippen LogP contribution in [0.2, 0.25) is 0 Å². The molecule has 11 heavy (non-hydrogen) atoms. The zero-order valence-electron chi connectivity index (χ0n) is 9.77. The van der Waals surface area contributed by atoms with Gasteiger partial charge in [-0.05, 0) is 33.1 Å². The summed E-state index contributed by atoms with van der Waals surface area (Å²) >= 11 is 0. The Morgan fingerprint density at radius 3 is 2.09 bits per heavy atom. The number of rotatable bonds is 3. The summed E-state index contributed by atoms with van der Waals surface area (Å²) < 4.78 is 15.9. The fourth-order valence-electron chi connectivity index (χ4n) is 1.48. The molecule has 0 aromatic heterocycles. The van der Waals surface area contributed by atoms with Crippen molar-refractivity contribution < 1.29 is 35.5 Å². The molecule has 0 nitrogen and oxygen atoms in total. The van der Waals surface area contributed by atoms with Gasteiger partial charge in [-0.1, -0.05) is 0 Å². The largest absolute Gasteiger partial charge is 0.0745 e. The molecule has 0 atom stereocenters. The van der Waals surface area contributed by atoms with E-state index in [1.807, 2.05) is 0 Å². The van der Waals surface area contributed by atoms with Gasteiger partial charge in [-0.25, -0.2) is 0 Å². The first-order valence-electron chi connectivity index (χ1n) is 5.50. The minimum absolute atomic E-state index is 0. The third-order valence-electron chi connectivity index (χ3n) is 2.81. The molecule has 2 heteroatoms. The van der Waals surface area contributed by atoms with Gasteiger partial charge in [-0.15, -0.1) is 0 Å². The number of hydrogen-bond acceptors (Lipinski definition) is 0. The molecule has 0 heterocycles. The molecule has 1 saturated carbocycles. The summed E-state index contributed by atoms with van der Waals surface area (Å²) in [7, 11) is -1.22. The molecule has 0 amide bonds. The molecule has 0 aliphatic heterocycles. The minimum Gasteiger partial charge on any atom is -0.0459 e. The van der Waals surface area contributed by atoms with Gasteiger partial charge in [0, 0.05) is 46.6 Å². The van der Waals surface area contributed by atoms with Crippen molar-refractivity contribution in [1.29, 1.82) is 0 Å². The Bertz CT molecular complexity index is 147. The minimum atomic E-state index is -1.22. The molecular weight excluding hydrogens is 228 g/mol. The van der Waals surface area contributed by atoms with E-state index in [0.717, 1.165) is 25.2 Å². The Hall–Kier alpha value is 1.53. The zero-order chi connectivity index (χ0) is 9.24. The second-order valence-corrected chi connectivity index (χ2v) is 7.39. The molecule has 0 saturated heterocycles. The van der Waals surface area contributed by atoms with Gasteiger partial charge in [-0.3, -0.25) is 0 Å². The fourth-order valence-corrected chi connectivity index (χ4v) is 4.09. The van der Waals surface area contributed by atoms with E-state index in [1.165, 1.54) is 6.42 Å². The van der Waals surface area contributed by atoms with Gasteiger partial charge in [0.15, 0.2) is 0 Å². The molecule has 63 valence electrons. The Morgan fingerprint density at radius 2 is 2.00 bits per heavy atom. The van der Waals surface area contributed by atoms with Crippen LogP contribution in [0.1, 0.15) is 35.9 Å². The number of hydrogen-bond donors (Lipinski definition) is 0. The molecule has 1 rings (SSSR count). The van der Waals surface area contributed by atoms with Crippen molar-refractivity contribution in [2.24, 2.45) is 0 Å². The van der Waals surface area contributed by atoms with Crippen LogP contribution in [0.3, 0.4) is 0 Å². The van der Waals surface area contributed by atoms with Gasteiger partial charge in [-0.2, -0.15) is 0 Å². The standard InChI is InChI=1S/C9H20P.Y/c1-4-10(3,5-2)9-7-6-8-9;/h9H,4-8H2,1-3H3;/q+1;/i3D,9D;. The smallest absolute Gasteiger partial charge is 0.0459 e. The van der Waals surface area contributed by atoms with Gasteiger partial charge in [0.2, 0.25) is 0 Å². The summed E-state index contributed by atoms with van der Waals surface area (Å²) in [5.74, 6) is 0. The summed E-state index contributed by atoms with van der Waals surface area (Å²) in [4.78, 5) is 0. The Morgan fingerprint density at radius 1 is 1.45 bits per heavy atom. The maximum Gasteiger partial charge on any atom is 0.0745 e. The van der Waals surface area contributed by atoms with Crippen LogP contribution in [0.25, 0.3) is 0 Å². The second kappa shape index (κ2) is 5.30. The third kappa shape index (κ3) is 2.75. The van der Waals surface area contributed by atoms with E-state index in [1.54, 1.807) is 0 Å². The van der Waals surface area contributed by atoms with Gasteiger partial charge in [0.25, 0.3) is 0 Å². The summed E-state index contributed by atoms with van der Waals surface area (Å²) in [5, 5.41) is 0. The molecule has 0 aromatic rings. The maximum absolute atomic E-state index is 8.30. The van der Waals surface area contributed by atoms with Crippen molar-refractivity contribution in [2.45, 2.75) is 38.7 Å². The molecule has 1 radical (unpaired) electrons. The van der Waals surface area contributed by atoms with E-state index in [9.17, 15) is 0 Å². The summed E-state index contributed by atoms with van der Waals surface area (Å²) in [6.07, 6.45) is 5.58. The predicted octanol–water partition coefficient (Wildman–Crippen LogP) is 3.22. The third-order valence-corrected chi connectivity index (χ3v) is 7.02. The molecular formula is C9H20PY+. The van der Waals surface area contributed by atoms with E-state index in [2.05, 4.69) is 13.8 Å². The van der Waals surface area contributed by atoms with Crippen LogP contribution in [-0.4, -0.2) is 24.6 Å². The van der Waals surface area contributed by atoms with Crippen molar-refractivity contribution in [3.05, 3.63) is 0 Å². The topological polar surface area (TPSA) is 0 Å². The summed E-state index contributed by atoms with van der Waals surface area (Å²) in [6, 6.07) is 0. The summed E-state index contributed by atoms with van der Waals surface area (Å²) in [5.41, 5.74) is -0.141. The molecule has 0 spiro atoms. The zero-order valence-corrected chi connectivity index (χ0v) is 11.5. The van der Waals surface area contributed by atoms with Gasteiger partial charge in [0.05, 0.1) is 20.7 Å². The van der Waals surface area contributed by atoms with Gasteiger partial charge >= 0.3 is 0 Å². The Kier molecular flexibility index (Phi) is 4.39. The van der Waals surface area contributed by atoms with Crippen LogP contribution in [0.4, 0.5) is 0 Å². The SMILES string of the molecule is [2H]C[P+](CC)(CC)C1([2H])CCC1.[Y]. The van der Waals surface area contributed by atoms with Crippen molar-refractivity contribution in [3.8, 4) is 0 Å². The Balaban J connectivity index is 0.00000144. The maximum atomic E-state index is 8.30. The first kappa shape index (κ1) is 9.10. The quantitative estimate of drug-likeness (QED) is 0.674. The molecule has 0 bridgehead atoms. The van der Waals surface area contributed by atoms with E-state index < -0.39 is 7.26 Å². The van der Waals surface area contributed by atoms with E-state index in [0.29, 0.717) is 6.64 Å². The molecule has 1 aliphatic rings. The first-order valence-corrected chi connectivity index (χ1v) is 6.64. The molecule has 1 aliphatic carbocycles. The van der Waals surface area contributed by atoms with E-state index in [-0.39, 0.29) is 38.3 Å². The van der Waals surface area contributed by atoms with Gasteiger partial charge in [0.1, 0.15) is 0 Å². The predicted molar refractivity (Wildman–Crippen MR) is 51.6 cm³/mol. The molecule has 1 fully saturated rings.